The number of amides is 2. The predicted molar refractivity (Wildman–Crippen MR) is 103 cm³/mol. The number of aryl methyl sites for hydroxylation is 2. The van der Waals surface area contributed by atoms with Crippen LogP contribution < -0.4 is 5.32 Å². The van der Waals surface area contributed by atoms with Gasteiger partial charge in [-0.15, -0.1) is 0 Å². The van der Waals surface area contributed by atoms with E-state index in [1.165, 1.54) is 17.3 Å². The van der Waals surface area contributed by atoms with E-state index in [1.54, 1.807) is 0 Å². The Hall–Kier alpha value is -2.40. The molecule has 0 radical (unpaired) electrons. The van der Waals surface area contributed by atoms with Gasteiger partial charge in [0.05, 0.1) is 5.04 Å². The number of anilines is 1. The molecule has 0 fully saturated rings. The number of benzene rings is 2. The first-order valence-electron chi connectivity index (χ1n) is 8.20. The molecule has 1 aliphatic rings. The summed E-state index contributed by atoms with van der Waals surface area (Å²) in [4.78, 5) is 28.4. The second kappa shape index (κ2) is 7.66. The van der Waals surface area contributed by atoms with Crippen LogP contribution in [0.1, 0.15) is 23.1 Å². The zero-order valence-electron chi connectivity index (χ0n) is 14.3. The van der Waals surface area contributed by atoms with E-state index in [4.69, 9.17) is 0 Å². The first kappa shape index (κ1) is 17.4. The minimum atomic E-state index is -0.425. The van der Waals surface area contributed by atoms with E-state index in [1.807, 2.05) is 62.4 Å². The zero-order valence-corrected chi connectivity index (χ0v) is 15.1. The standard InChI is InChI=1S/C20H20N2O2S/c1-13-3-7-15(8-4-13)11-19-22-20(24)17(25-19)12-18(23)21-16-9-5-14(2)6-10-16/h3-10,17H,11-12H2,1-2H3,(H,21,23). The number of hydrogen-bond acceptors (Lipinski definition) is 3. The summed E-state index contributed by atoms with van der Waals surface area (Å²) in [6.45, 7) is 4.03. The van der Waals surface area contributed by atoms with Gasteiger partial charge in [-0.05, 0) is 31.5 Å². The smallest absolute Gasteiger partial charge is 0.260 e. The molecule has 1 unspecified atom stereocenters. The van der Waals surface area contributed by atoms with Crippen LogP contribution in [0, 0.1) is 13.8 Å². The molecule has 1 heterocycles. The summed E-state index contributed by atoms with van der Waals surface area (Å²) >= 11 is 1.40. The maximum atomic E-state index is 12.2. The van der Waals surface area contributed by atoms with E-state index in [9.17, 15) is 9.59 Å². The highest BCUT2D eigenvalue weighted by Gasteiger charge is 2.30. The van der Waals surface area contributed by atoms with Gasteiger partial charge in [-0.1, -0.05) is 59.3 Å². The van der Waals surface area contributed by atoms with Gasteiger partial charge >= 0.3 is 0 Å². The average molecular weight is 352 g/mol. The maximum Gasteiger partial charge on any atom is 0.260 e. The first-order valence-corrected chi connectivity index (χ1v) is 9.08. The highest BCUT2D eigenvalue weighted by Crippen LogP contribution is 2.27. The quantitative estimate of drug-likeness (QED) is 0.887. The number of nitrogens with one attached hydrogen (secondary N) is 1. The van der Waals surface area contributed by atoms with Crippen molar-refractivity contribution < 1.29 is 9.59 Å². The van der Waals surface area contributed by atoms with Gasteiger partial charge in [0.15, 0.2) is 0 Å². The van der Waals surface area contributed by atoms with Gasteiger partial charge in [-0.2, -0.15) is 0 Å². The van der Waals surface area contributed by atoms with Gasteiger partial charge in [0.25, 0.3) is 5.91 Å². The van der Waals surface area contributed by atoms with Crippen molar-refractivity contribution in [3.8, 4) is 0 Å². The Morgan fingerprint density at radius 3 is 2.28 bits per heavy atom. The lowest BCUT2D eigenvalue weighted by Crippen LogP contribution is -2.21. The Balaban J connectivity index is 1.54. The van der Waals surface area contributed by atoms with Crippen LogP contribution >= 0.6 is 11.8 Å². The van der Waals surface area contributed by atoms with Crippen LogP contribution in [0.2, 0.25) is 0 Å². The fraction of sp³-hybridized carbons (Fsp3) is 0.250. The Morgan fingerprint density at radius 2 is 1.64 bits per heavy atom. The van der Waals surface area contributed by atoms with Crippen LogP contribution in [0.3, 0.4) is 0 Å². The van der Waals surface area contributed by atoms with E-state index < -0.39 is 5.25 Å². The van der Waals surface area contributed by atoms with Crippen molar-refractivity contribution >= 4 is 34.3 Å². The van der Waals surface area contributed by atoms with E-state index in [0.29, 0.717) is 6.42 Å². The molecule has 5 heteroatoms. The van der Waals surface area contributed by atoms with Gasteiger partial charge in [-0.3, -0.25) is 9.59 Å². The Morgan fingerprint density at radius 1 is 1.04 bits per heavy atom. The highest BCUT2D eigenvalue weighted by atomic mass is 32.2. The van der Waals surface area contributed by atoms with Crippen molar-refractivity contribution in [2.75, 3.05) is 5.32 Å². The van der Waals surface area contributed by atoms with Crippen molar-refractivity contribution in [3.63, 3.8) is 0 Å². The van der Waals surface area contributed by atoms with Gasteiger partial charge in [0, 0.05) is 18.5 Å². The van der Waals surface area contributed by atoms with E-state index >= 15 is 0 Å². The Labute approximate surface area is 151 Å². The molecule has 2 aromatic carbocycles. The monoisotopic (exact) mass is 352 g/mol. The Kier molecular flexibility index (Phi) is 5.34. The second-order valence-electron chi connectivity index (χ2n) is 6.23. The topological polar surface area (TPSA) is 58.5 Å². The van der Waals surface area contributed by atoms with Gasteiger partial charge in [0.2, 0.25) is 5.91 Å². The molecule has 0 bridgehead atoms. The summed E-state index contributed by atoms with van der Waals surface area (Å²) in [6, 6.07) is 15.8. The lowest BCUT2D eigenvalue weighted by Gasteiger charge is -2.09. The molecule has 0 aliphatic carbocycles. The number of hydrogen-bond donors (Lipinski definition) is 1. The SMILES string of the molecule is Cc1ccc(CC2=NC(=O)C(CC(=O)Nc3ccc(C)cc3)S2)cc1. The minimum Gasteiger partial charge on any atom is -0.326 e. The molecule has 25 heavy (non-hydrogen) atoms. The minimum absolute atomic E-state index is 0.137. The molecular weight excluding hydrogens is 332 g/mol. The zero-order chi connectivity index (χ0) is 17.8. The van der Waals surface area contributed by atoms with Crippen LogP contribution in [0.5, 0.6) is 0 Å². The molecule has 0 saturated heterocycles. The molecule has 0 aromatic heterocycles. The maximum absolute atomic E-state index is 12.2. The third-order valence-electron chi connectivity index (χ3n) is 3.97. The number of carbonyl (C=O) groups is 2. The highest BCUT2D eigenvalue weighted by molar-refractivity contribution is 8.15. The summed E-state index contributed by atoms with van der Waals surface area (Å²) in [5.41, 5.74) is 4.20. The largest absolute Gasteiger partial charge is 0.326 e. The van der Waals surface area contributed by atoms with Crippen molar-refractivity contribution in [2.45, 2.75) is 31.9 Å². The van der Waals surface area contributed by atoms with Crippen molar-refractivity contribution in [3.05, 3.63) is 65.2 Å². The molecule has 2 amide bonds. The molecule has 0 spiro atoms. The molecule has 128 valence electrons. The van der Waals surface area contributed by atoms with Gasteiger partial charge in [-0.25, -0.2) is 4.99 Å². The van der Waals surface area contributed by atoms with E-state index in [0.717, 1.165) is 21.9 Å². The van der Waals surface area contributed by atoms with Crippen LogP contribution in [0.15, 0.2) is 53.5 Å². The molecule has 1 atom stereocenters. The average Bonchev–Trinajstić information content (AvgIpc) is 2.91. The number of carbonyl (C=O) groups excluding carboxylic acids is 2. The molecule has 1 N–H and O–H groups in total. The predicted octanol–water partition coefficient (Wildman–Crippen LogP) is 3.92. The lowest BCUT2D eigenvalue weighted by molar-refractivity contribution is -0.121. The number of aliphatic imine (C=N–C) groups is 1. The van der Waals surface area contributed by atoms with Crippen LogP contribution in [-0.4, -0.2) is 22.1 Å². The summed E-state index contributed by atoms with van der Waals surface area (Å²) in [7, 11) is 0. The molecule has 2 aromatic rings. The second-order valence-corrected chi connectivity index (χ2v) is 7.51. The summed E-state index contributed by atoms with van der Waals surface area (Å²) in [6.07, 6.45) is 0.769. The molecule has 1 aliphatic heterocycles. The lowest BCUT2D eigenvalue weighted by atomic mass is 10.1. The van der Waals surface area contributed by atoms with Crippen molar-refractivity contribution in [1.82, 2.24) is 0 Å². The Bertz CT molecular complexity index is 811. The van der Waals surface area contributed by atoms with Crippen molar-refractivity contribution in [1.29, 1.82) is 0 Å². The molecule has 0 saturated carbocycles. The number of nitrogens with zero attached hydrogens (tertiary/aromatic N) is 1. The molecular formula is C20H20N2O2S. The molecule has 3 rings (SSSR count). The summed E-state index contributed by atoms with van der Waals surface area (Å²) in [5, 5.41) is 3.19. The molecule has 4 nitrogen and oxygen atoms in total. The normalized spacial score (nSPS) is 16.6. The van der Waals surface area contributed by atoms with Crippen LogP contribution in [0.4, 0.5) is 5.69 Å². The van der Waals surface area contributed by atoms with E-state index in [-0.39, 0.29) is 18.2 Å². The summed E-state index contributed by atoms with van der Waals surface area (Å²) < 4.78 is 0. The van der Waals surface area contributed by atoms with Crippen molar-refractivity contribution in [2.24, 2.45) is 4.99 Å². The van der Waals surface area contributed by atoms with Crippen LogP contribution in [-0.2, 0) is 16.0 Å². The van der Waals surface area contributed by atoms with E-state index in [2.05, 4.69) is 10.3 Å². The summed E-state index contributed by atoms with van der Waals surface area (Å²) in [5.74, 6) is -0.382. The third-order valence-corrected chi connectivity index (χ3v) is 5.13. The van der Waals surface area contributed by atoms with Gasteiger partial charge in [0.1, 0.15) is 5.25 Å². The fourth-order valence-electron chi connectivity index (χ4n) is 2.54. The number of thioether (sulfide) groups is 1. The van der Waals surface area contributed by atoms with Crippen LogP contribution in [0.25, 0.3) is 0 Å². The fourth-order valence-corrected chi connectivity index (χ4v) is 3.65. The first-order chi connectivity index (χ1) is 12.0. The third kappa shape index (κ3) is 4.79. The van der Waals surface area contributed by atoms with Gasteiger partial charge < -0.3 is 5.32 Å². The number of rotatable bonds is 5.